The molecular weight excluding hydrogens is 148 g/mol. The number of halogens is 2. The fourth-order valence-corrected chi connectivity index (χ4v) is 1.72. The third-order valence-electron chi connectivity index (χ3n) is 2.43. The van der Waals surface area contributed by atoms with Crippen molar-refractivity contribution in [2.24, 2.45) is 11.7 Å². The highest BCUT2D eigenvalue weighted by Crippen LogP contribution is 2.39. The first kappa shape index (κ1) is 8.91. The van der Waals surface area contributed by atoms with Crippen LogP contribution in [0.25, 0.3) is 0 Å². The molecule has 0 aromatic rings. The van der Waals surface area contributed by atoms with Gasteiger partial charge in [0.25, 0.3) is 5.92 Å². The molecule has 0 spiro atoms. The summed E-state index contributed by atoms with van der Waals surface area (Å²) in [5.74, 6) is -2.88. The van der Waals surface area contributed by atoms with Crippen LogP contribution in [-0.4, -0.2) is 12.5 Å². The standard InChI is InChI=1S/C8H15F2N/c9-8(10)5-2-1-3-7(8)4-6-11/h7H,1-6,11H2. The lowest BCUT2D eigenvalue weighted by atomic mass is 9.83. The van der Waals surface area contributed by atoms with Gasteiger partial charge in [0.2, 0.25) is 0 Å². The average Bonchev–Trinajstić information content (AvgIpc) is 1.94. The zero-order valence-corrected chi connectivity index (χ0v) is 6.65. The molecule has 1 aliphatic rings. The molecule has 1 atom stereocenters. The van der Waals surface area contributed by atoms with Crippen LogP contribution in [0.15, 0.2) is 0 Å². The Morgan fingerprint density at radius 2 is 2.09 bits per heavy atom. The molecule has 66 valence electrons. The maximum absolute atomic E-state index is 13.0. The maximum Gasteiger partial charge on any atom is 0.250 e. The van der Waals surface area contributed by atoms with Crippen LogP contribution >= 0.6 is 0 Å². The van der Waals surface area contributed by atoms with Crippen molar-refractivity contribution in [3.05, 3.63) is 0 Å². The Balaban J connectivity index is 2.45. The fraction of sp³-hybridized carbons (Fsp3) is 1.00. The predicted octanol–water partition coefficient (Wildman–Crippen LogP) is 2.16. The summed E-state index contributed by atoms with van der Waals surface area (Å²) in [5, 5.41) is 0. The fourth-order valence-electron chi connectivity index (χ4n) is 1.72. The second-order valence-electron chi connectivity index (χ2n) is 3.28. The van der Waals surface area contributed by atoms with E-state index in [1.54, 1.807) is 0 Å². The topological polar surface area (TPSA) is 26.0 Å². The molecule has 1 saturated carbocycles. The highest BCUT2D eigenvalue weighted by Gasteiger charge is 2.40. The van der Waals surface area contributed by atoms with Crippen LogP contribution in [0.4, 0.5) is 8.78 Å². The summed E-state index contributed by atoms with van der Waals surface area (Å²) in [6, 6.07) is 0. The van der Waals surface area contributed by atoms with Crippen LogP contribution in [0.5, 0.6) is 0 Å². The summed E-state index contributed by atoms with van der Waals surface area (Å²) in [6.45, 7) is 0.389. The van der Waals surface area contributed by atoms with E-state index in [0.29, 0.717) is 25.8 Å². The lowest BCUT2D eigenvalue weighted by molar-refractivity contribution is -0.0872. The largest absolute Gasteiger partial charge is 0.330 e. The van der Waals surface area contributed by atoms with Gasteiger partial charge in [0.15, 0.2) is 0 Å². The van der Waals surface area contributed by atoms with Gasteiger partial charge in [-0.15, -0.1) is 0 Å². The van der Waals surface area contributed by atoms with Crippen molar-refractivity contribution < 1.29 is 8.78 Å². The third-order valence-corrected chi connectivity index (χ3v) is 2.43. The minimum atomic E-state index is -2.43. The maximum atomic E-state index is 13.0. The highest BCUT2D eigenvalue weighted by atomic mass is 19.3. The summed E-state index contributed by atoms with van der Waals surface area (Å²) >= 11 is 0. The van der Waals surface area contributed by atoms with Gasteiger partial charge in [-0.1, -0.05) is 6.42 Å². The van der Waals surface area contributed by atoms with Crippen LogP contribution in [0.2, 0.25) is 0 Å². The third kappa shape index (κ3) is 2.12. The van der Waals surface area contributed by atoms with E-state index >= 15 is 0 Å². The van der Waals surface area contributed by atoms with E-state index in [1.807, 2.05) is 0 Å². The van der Waals surface area contributed by atoms with E-state index in [9.17, 15) is 8.78 Å². The second kappa shape index (κ2) is 3.48. The van der Waals surface area contributed by atoms with Crippen LogP contribution in [-0.2, 0) is 0 Å². The van der Waals surface area contributed by atoms with Crippen molar-refractivity contribution in [3.63, 3.8) is 0 Å². The minimum Gasteiger partial charge on any atom is -0.330 e. The Bertz CT molecular complexity index is 123. The summed E-state index contributed by atoms with van der Waals surface area (Å²) < 4.78 is 26.0. The molecule has 1 aliphatic carbocycles. The van der Waals surface area contributed by atoms with Gasteiger partial charge >= 0.3 is 0 Å². The first-order chi connectivity index (χ1) is 5.17. The molecule has 1 fully saturated rings. The molecule has 0 amide bonds. The zero-order valence-electron chi connectivity index (χ0n) is 6.65. The smallest absolute Gasteiger partial charge is 0.250 e. The zero-order chi connectivity index (χ0) is 8.32. The van der Waals surface area contributed by atoms with Gasteiger partial charge in [-0.05, 0) is 25.8 Å². The van der Waals surface area contributed by atoms with Gasteiger partial charge in [0, 0.05) is 12.3 Å². The highest BCUT2D eigenvalue weighted by molar-refractivity contribution is 4.81. The quantitative estimate of drug-likeness (QED) is 0.663. The minimum absolute atomic E-state index is 0.0671. The Morgan fingerprint density at radius 3 is 2.64 bits per heavy atom. The molecule has 0 aliphatic heterocycles. The van der Waals surface area contributed by atoms with Gasteiger partial charge in [-0.2, -0.15) is 0 Å². The van der Waals surface area contributed by atoms with Crippen LogP contribution in [0.1, 0.15) is 32.1 Å². The van der Waals surface area contributed by atoms with E-state index in [1.165, 1.54) is 0 Å². The van der Waals surface area contributed by atoms with E-state index in [2.05, 4.69) is 0 Å². The lowest BCUT2D eigenvalue weighted by Crippen LogP contribution is -2.33. The van der Waals surface area contributed by atoms with Crippen LogP contribution < -0.4 is 5.73 Å². The molecule has 1 unspecified atom stereocenters. The van der Waals surface area contributed by atoms with Crippen molar-refractivity contribution in [2.45, 2.75) is 38.0 Å². The van der Waals surface area contributed by atoms with Crippen LogP contribution in [0, 0.1) is 5.92 Å². The predicted molar refractivity (Wildman–Crippen MR) is 40.6 cm³/mol. The molecule has 0 aromatic heterocycles. The number of hydrogen-bond donors (Lipinski definition) is 1. The number of hydrogen-bond acceptors (Lipinski definition) is 1. The van der Waals surface area contributed by atoms with Crippen molar-refractivity contribution in [1.29, 1.82) is 0 Å². The first-order valence-electron chi connectivity index (χ1n) is 4.24. The SMILES string of the molecule is NCCC1CCCCC1(F)F. The molecule has 11 heavy (non-hydrogen) atoms. The molecule has 0 radical (unpaired) electrons. The van der Waals surface area contributed by atoms with E-state index in [-0.39, 0.29) is 6.42 Å². The van der Waals surface area contributed by atoms with Crippen molar-refractivity contribution >= 4 is 0 Å². The summed E-state index contributed by atoms with van der Waals surface area (Å²) in [7, 11) is 0. The Kier molecular flexibility index (Phi) is 2.82. The first-order valence-corrected chi connectivity index (χ1v) is 4.24. The molecule has 0 heterocycles. The Hall–Kier alpha value is -0.180. The Morgan fingerprint density at radius 1 is 1.36 bits per heavy atom. The van der Waals surface area contributed by atoms with Gasteiger partial charge in [-0.25, -0.2) is 8.78 Å². The normalized spacial score (nSPS) is 30.3. The molecule has 2 N–H and O–H groups in total. The number of nitrogens with two attached hydrogens (primary N) is 1. The van der Waals surface area contributed by atoms with Gasteiger partial charge in [0.05, 0.1) is 0 Å². The number of alkyl halides is 2. The molecule has 1 nitrogen and oxygen atoms in total. The summed E-state index contributed by atoms with van der Waals surface area (Å²) in [5.41, 5.74) is 5.25. The van der Waals surface area contributed by atoms with Gasteiger partial charge < -0.3 is 5.73 Å². The van der Waals surface area contributed by atoms with E-state index < -0.39 is 11.8 Å². The van der Waals surface area contributed by atoms with Crippen molar-refractivity contribution in [1.82, 2.24) is 0 Å². The summed E-state index contributed by atoms with van der Waals surface area (Å²) in [6.07, 6.45) is 2.82. The Labute approximate surface area is 66.0 Å². The second-order valence-corrected chi connectivity index (χ2v) is 3.28. The van der Waals surface area contributed by atoms with Crippen molar-refractivity contribution in [3.8, 4) is 0 Å². The molecule has 3 heteroatoms. The monoisotopic (exact) mass is 163 g/mol. The average molecular weight is 163 g/mol. The van der Waals surface area contributed by atoms with E-state index in [4.69, 9.17) is 5.73 Å². The van der Waals surface area contributed by atoms with E-state index in [0.717, 1.165) is 6.42 Å². The van der Waals surface area contributed by atoms with Crippen LogP contribution in [0.3, 0.4) is 0 Å². The number of rotatable bonds is 2. The molecule has 0 aromatic carbocycles. The van der Waals surface area contributed by atoms with Gasteiger partial charge in [-0.3, -0.25) is 0 Å². The van der Waals surface area contributed by atoms with Crippen molar-refractivity contribution in [2.75, 3.05) is 6.54 Å². The molecule has 0 saturated heterocycles. The lowest BCUT2D eigenvalue weighted by Gasteiger charge is -2.30. The summed E-state index contributed by atoms with van der Waals surface area (Å²) in [4.78, 5) is 0. The molecule has 1 rings (SSSR count). The molecule has 0 bridgehead atoms. The molecular formula is C8H15F2N. The van der Waals surface area contributed by atoms with Gasteiger partial charge in [0.1, 0.15) is 0 Å².